The molecular formula is C19H15ClN2O3S. The Morgan fingerprint density at radius 1 is 1.08 bits per heavy atom. The molecule has 1 aromatic heterocycles. The van der Waals surface area contributed by atoms with Crippen molar-refractivity contribution in [2.24, 2.45) is 0 Å². The number of nitrogens with one attached hydrogen (secondary N) is 1. The Labute approximate surface area is 159 Å². The molecule has 7 heteroatoms. The van der Waals surface area contributed by atoms with Crippen LogP contribution in [0.1, 0.15) is 16.8 Å². The third-order valence-electron chi connectivity index (χ3n) is 3.87. The second-order valence-corrected chi connectivity index (χ2v) is 7.01. The monoisotopic (exact) mass is 386 g/mol. The van der Waals surface area contributed by atoms with Gasteiger partial charge in [0.15, 0.2) is 16.6 Å². The highest BCUT2D eigenvalue weighted by Crippen LogP contribution is 2.31. The van der Waals surface area contributed by atoms with Crippen molar-refractivity contribution >= 4 is 34.0 Å². The van der Waals surface area contributed by atoms with Crippen LogP contribution < -0.4 is 14.8 Å². The number of ether oxygens (including phenoxy) is 2. The van der Waals surface area contributed by atoms with E-state index in [0.29, 0.717) is 40.4 Å². The summed E-state index contributed by atoms with van der Waals surface area (Å²) in [5, 5.41) is 5.93. The summed E-state index contributed by atoms with van der Waals surface area (Å²) in [4.78, 5) is 17.0. The number of rotatable bonds is 3. The smallest absolute Gasteiger partial charge is 0.257 e. The molecule has 2 aromatic carbocycles. The van der Waals surface area contributed by atoms with E-state index in [0.717, 1.165) is 17.7 Å². The van der Waals surface area contributed by atoms with E-state index in [4.69, 9.17) is 21.1 Å². The van der Waals surface area contributed by atoms with E-state index in [1.165, 1.54) is 11.3 Å². The highest BCUT2D eigenvalue weighted by Gasteiger charge is 2.15. The highest BCUT2D eigenvalue weighted by molar-refractivity contribution is 7.14. The number of carbonyl (C=O) groups excluding carboxylic acids is 1. The van der Waals surface area contributed by atoms with Gasteiger partial charge < -0.3 is 9.47 Å². The van der Waals surface area contributed by atoms with Crippen molar-refractivity contribution in [3.8, 4) is 22.8 Å². The third-order valence-corrected chi connectivity index (χ3v) is 4.88. The molecule has 5 nitrogen and oxygen atoms in total. The van der Waals surface area contributed by atoms with Crippen LogP contribution in [0.2, 0.25) is 5.02 Å². The molecule has 26 heavy (non-hydrogen) atoms. The second kappa shape index (κ2) is 7.35. The average Bonchev–Trinajstić information content (AvgIpc) is 2.98. The lowest BCUT2D eigenvalue weighted by molar-refractivity contribution is 0.102. The topological polar surface area (TPSA) is 60.5 Å². The molecule has 0 saturated heterocycles. The van der Waals surface area contributed by atoms with Crippen LogP contribution in [0.5, 0.6) is 11.5 Å². The van der Waals surface area contributed by atoms with Gasteiger partial charge in [-0.05, 0) is 30.3 Å². The molecule has 0 radical (unpaired) electrons. The first-order valence-electron chi connectivity index (χ1n) is 8.11. The number of benzene rings is 2. The van der Waals surface area contributed by atoms with Crippen LogP contribution >= 0.6 is 22.9 Å². The van der Waals surface area contributed by atoms with Crippen molar-refractivity contribution in [2.45, 2.75) is 6.42 Å². The minimum absolute atomic E-state index is 0.238. The molecule has 0 bridgehead atoms. The Bertz CT molecular complexity index is 940. The van der Waals surface area contributed by atoms with Crippen molar-refractivity contribution in [3.63, 3.8) is 0 Å². The second-order valence-electron chi connectivity index (χ2n) is 5.71. The molecule has 1 aliphatic heterocycles. The van der Waals surface area contributed by atoms with Gasteiger partial charge in [-0.3, -0.25) is 10.1 Å². The summed E-state index contributed by atoms with van der Waals surface area (Å²) in [5.74, 6) is 1.02. The number of aromatic nitrogens is 1. The van der Waals surface area contributed by atoms with Crippen molar-refractivity contribution in [1.82, 2.24) is 4.98 Å². The van der Waals surface area contributed by atoms with E-state index in [9.17, 15) is 4.79 Å². The zero-order valence-corrected chi connectivity index (χ0v) is 15.3. The van der Waals surface area contributed by atoms with E-state index in [1.807, 2.05) is 29.6 Å². The third kappa shape index (κ3) is 3.66. The van der Waals surface area contributed by atoms with Crippen LogP contribution in [0.4, 0.5) is 5.13 Å². The molecule has 0 spiro atoms. The van der Waals surface area contributed by atoms with Crippen molar-refractivity contribution < 1.29 is 14.3 Å². The van der Waals surface area contributed by atoms with E-state index in [-0.39, 0.29) is 5.91 Å². The zero-order chi connectivity index (χ0) is 17.9. The van der Waals surface area contributed by atoms with Crippen LogP contribution in [-0.2, 0) is 0 Å². The standard InChI is InChI=1S/C19H15ClN2O3S/c20-14-5-2-12(3-6-14)15-11-26-19(21-15)22-18(23)13-4-7-16-17(10-13)25-9-1-8-24-16/h2-7,10-11H,1,8-9H2,(H,21,22,23). The van der Waals surface area contributed by atoms with Gasteiger partial charge in [-0.1, -0.05) is 23.7 Å². The number of anilines is 1. The Hall–Kier alpha value is -2.57. The summed E-state index contributed by atoms with van der Waals surface area (Å²) in [6.45, 7) is 1.19. The maximum absolute atomic E-state index is 12.5. The van der Waals surface area contributed by atoms with Crippen LogP contribution in [0.25, 0.3) is 11.3 Å². The minimum Gasteiger partial charge on any atom is -0.490 e. The van der Waals surface area contributed by atoms with E-state index >= 15 is 0 Å². The van der Waals surface area contributed by atoms with Crippen LogP contribution in [0.15, 0.2) is 47.8 Å². The van der Waals surface area contributed by atoms with E-state index < -0.39 is 0 Å². The maximum atomic E-state index is 12.5. The quantitative estimate of drug-likeness (QED) is 0.697. The number of carbonyl (C=O) groups is 1. The molecule has 1 N–H and O–H groups in total. The zero-order valence-electron chi connectivity index (χ0n) is 13.7. The fourth-order valence-electron chi connectivity index (χ4n) is 2.56. The minimum atomic E-state index is -0.238. The summed E-state index contributed by atoms with van der Waals surface area (Å²) in [5.41, 5.74) is 2.24. The first-order valence-corrected chi connectivity index (χ1v) is 9.37. The molecule has 0 unspecified atom stereocenters. The molecule has 0 saturated carbocycles. The van der Waals surface area contributed by atoms with Gasteiger partial charge in [0.25, 0.3) is 5.91 Å². The first kappa shape index (κ1) is 16.9. The lowest BCUT2D eigenvalue weighted by atomic mass is 10.2. The van der Waals surface area contributed by atoms with Gasteiger partial charge in [0.1, 0.15) is 0 Å². The molecule has 1 aliphatic rings. The summed E-state index contributed by atoms with van der Waals surface area (Å²) < 4.78 is 11.2. The SMILES string of the molecule is O=C(Nc1nc(-c2ccc(Cl)cc2)cs1)c1ccc2c(c1)OCCCO2. The lowest BCUT2D eigenvalue weighted by Gasteiger charge is -2.09. The van der Waals surface area contributed by atoms with Crippen molar-refractivity contribution in [3.05, 3.63) is 58.4 Å². The maximum Gasteiger partial charge on any atom is 0.257 e. The Kier molecular flexibility index (Phi) is 4.77. The molecule has 4 rings (SSSR count). The number of nitrogens with zero attached hydrogens (tertiary/aromatic N) is 1. The molecule has 0 aliphatic carbocycles. The molecular weight excluding hydrogens is 372 g/mol. The normalized spacial score (nSPS) is 13.1. The number of thiazole rings is 1. The van der Waals surface area contributed by atoms with Crippen LogP contribution in [0, 0.1) is 0 Å². The number of amides is 1. The van der Waals surface area contributed by atoms with Gasteiger partial charge >= 0.3 is 0 Å². The van der Waals surface area contributed by atoms with Gasteiger partial charge in [-0.2, -0.15) is 0 Å². The fraction of sp³-hybridized carbons (Fsp3) is 0.158. The van der Waals surface area contributed by atoms with Crippen molar-refractivity contribution in [2.75, 3.05) is 18.5 Å². The van der Waals surface area contributed by atoms with Gasteiger partial charge in [-0.25, -0.2) is 4.98 Å². The summed E-state index contributed by atoms with van der Waals surface area (Å²) in [6, 6.07) is 12.6. The largest absolute Gasteiger partial charge is 0.490 e. The Morgan fingerprint density at radius 3 is 2.65 bits per heavy atom. The predicted octanol–water partition coefficient (Wildman–Crippen LogP) is 4.88. The summed E-state index contributed by atoms with van der Waals surface area (Å²) in [7, 11) is 0. The summed E-state index contributed by atoms with van der Waals surface area (Å²) in [6.07, 6.45) is 0.822. The number of halogens is 1. The van der Waals surface area contributed by atoms with E-state index in [1.54, 1.807) is 18.2 Å². The molecule has 3 aromatic rings. The molecule has 1 amide bonds. The summed E-state index contributed by atoms with van der Waals surface area (Å²) >= 11 is 7.28. The van der Waals surface area contributed by atoms with Crippen LogP contribution in [0.3, 0.4) is 0 Å². The number of hydrogen-bond donors (Lipinski definition) is 1. The number of hydrogen-bond acceptors (Lipinski definition) is 5. The Morgan fingerprint density at radius 2 is 1.85 bits per heavy atom. The van der Waals surface area contributed by atoms with Crippen LogP contribution in [-0.4, -0.2) is 24.1 Å². The fourth-order valence-corrected chi connectivity index (χ4v) is 3.40. The lowest BCUT2D eigenvalue weighted by Crippen LogP contribution is -2.12. The van der Waals surface area contributed by atoms with Gasteiger partial charge in [0.05, 0.1) is 18.9 Å². The van der Waals surface area contributed by atoms with Gasteiger partial charge in [0, 0.05) is 28.0 Å². The van der Waals surface area contributed by atoms with Crippen molar-refractivity contribution in [1.29, 1.82) is 0 Å². The average molecular weight is 387 g/mol. The van der Waals surface area contributed by atoms with Gasteiger partial charge in [0.2, 0.25) is 0 Å². The van der Waals surface area contributed by atoms with E-state index in [2.05, 4.69) is 10.3 Å². The molecule has 0 atom stereocenters. The highest BCUT2D eigenvalue weighted by atomic mass is 35.5. The molecule has 2 heterocycles. The first-order chi connectivity index (χ1) is 12.7. The Balaban J connectivity index is 1.50. The van der Waals surface area contributed by atoms with Gasteiger partial charge in [-0.15, -0.1) is 11.3 Å². The number of fused-ring (bicyclic) bond motifs is 1. The molecule has 0 fully saturated rings. The molecule has 132 valence electrons. The predicted molar refractivity (Wildman–Crippen MR) is 103 cm³/mol.